The van der Waals surface area contributed by atoms with Crippen LogP contribution in [0.25, 0.3) is 10.9 Å². The van der Waals surface area contributed by atoms with Crippen LogP contribution in [0.15, 0.2) is 24.3 Å². The van der Waals surface area contributed by atoms with Crippen molar-refractivity contribution < 1.29 is 42.9 Å². The molecule has 238 valence electrons. The Balaban J connectivity index is 1.31. The van der Waals surface area contributed by atoms with Crippen molar-refractivity contribution in [3.63, 3.8) is 0 Å². The highest BCUT2D eigenvalue weighted by atomic mass is 16.8. The summed E-state index contributed by atoms with van der Waals surface area (Å²) in [6, 6.07) is 5.43. The molecule has 2 aromatic rings. The molecule has 0 radical (unpaired) electrons. The van der Waals surface area contributed by atoms with Gasteiger partial charge in [-0.15, -0.1) is 0 Å². The number of nitrogens with zero attached hydrogens (tertiary/aromatic N) is 1. The lowest BCUT2D eigenvalue weighted by atomic mass is 9.92. The Labute approximate surface area is 255 Å². The average Bonchev–Trinajstić information content (AvgIpc) is 3.78. The van der Waals surface area contributed by atoms with Crippen LogP contribution in [-0.2, 0) is 28.6 Å². The molecule has 1 aromatic heterocycles. The molecule has 2 aliphatic heterocycles. The molecule has 3 amide bonds. The summed E-state index contributed by atoms with van der Waals surface area (Å²) in [4.78, 5) is 69.9. The molecule has 13 heteroatoms. The third-order valence-corrected chi connectivity index (χ3v) is 8.72. The first-order valence-electron chi connectivity index (χ1n) is 15.1. The van der Waals surface area contributed by atoms with E-state index in [1.54, 1.807) is 31.9 Å². The monoisotopic (exact) mass is 612 g/mol. The second-order valence-corrected chi connectivity index (χ2v) is 11.9. The molecule has 5 atom stereocenters. The second kappa shape index (κ2) is 13.7. The standard InChI is InChI=1S/C31H40N4O9/c1-17(2)44-31(40)43-16-42-15-25(36)23(12-18-10-11-32-28(18)37)34-29(38)27-20-7-4-6-19(20)14-35(27)30(39)24-13-21-22(33-24)8-5-9-26(21)41-3/h5,8-9,13,17-20,23,27,33H,4,6-7,10-12,14-16H2,1-3H3,(H,32,37)(H,34,38)/t18-,19-,20-,23?,27-/m0/s1. The molecule has 1 saturated carbocycles. The number of amides is 3. The number of rotatable bonds is 12. The molecule has 2 saturated heterocycles. The van der Waals surface area contributed by atoms with Gasteiger partial charge in [0.15, 0.2) is 12.6 Å². The number of methoxy groups -OCH3 is 1. The van der Waals surface area contributed by atoms with Crippen LogP contribution in [0.2, 0.25) is 0 Å². The van der Waals surface area contributed by atoms with Gasteiger partial charge in [-0.25, -0.2) is 4.79 Å². The number of fused-ring (bicyclic) bond motifs is 2. The lowest BCUT2D eigenvalue weighted by Gasteiger charge is -2.29. The van der Waals surface area contributed by atoms with Gasteiger partial charge in [0.25, 0.3) is 5.91 Å². The van der Waals surface area contributed by atoms with E-state index in [4.69, 9.17) is 18.9 Å². The molecule has 5 rings (SSSR count). The summed E-state index contributed by atoms with van der Waals surface area (Å²) in [6.45, 7) is 3.30. The van der Waals surface area contributed by atoms with Gasteiger partial charge in [-0.2, -0.15) is 0 Å². The molecule has 1 unspecified atom stereocenters. The number of nitrogens with one attached hydrogen (secondary N) is 3. The predicted molar refractivity (Wildman–Crippen MR) is 157 cm³/mol. The van der Waals surface area contributed by atoms with E-state index >= 15 is 0 Å². The number of aromatic amines is 1. The van der Waals surface area contributed by atoms with Gasteiger partial charge < -0.3 is 39.5 Å². The fraction of sp³-hybridized carbons (Fsp3) is 0.581. The third-order valence-electron chi connectivity index (χ3n) is 8.72. The van der Waals surface area contributed by atoms with E-state index < -0.39 is 49.2 Å². The van der Waals surface area contributed by atoms with Gasteiger partial charge in [-0.05, 0) is 69.6 Å². The molecular formula is C31H40N4O9. The number of carbonyl (C=O) groups excluding carboxylic acids is 5. The molecule has 13 nitrogen and oxygen atoms in total. The number of aromatic nitrogens is 1. The van der Waals surface area contributed by atoms with E-state index in [0.29, 0.717) is 31.0 Å². The molecular weight excluding hydrogens is 572 g/mol. The zero-order valence-electron chi connectivity index (χ0n) is 25.3. The van der Waals surface area contributed by atoms with Gasteiger partial charge in [0, 0.05) is 29.9 Å². The summed E-state index contributed by atoms with van der Waals surface area (Å²) in [6.07, 6.45) is 1.99. The quantitative estimate of drug-likeness (QED) is 0.186. The fourth-order valence-corrected chi connectivity index (χ4v) is 6.67. The van der Waals surface area contributed by atoms with Crippen molar-refractivity contribution in [3.8, 4) is 5.75 Å². The summed E-state index contributed by atoms with van der Waals surface area (Å²) in [5.41, 5.74) is 1.09. The zero-order chi connectivity index (χ0) is 31.4. The van der Waals surface area contributed by atoms with Crippen molar-refractivity contribution in [3.05, 3.63) is 30.0 Å². The Morgan fingerprint density at radius 3 is 2.68 bits per heavy atom. The number of hydrogen-bond donors (Lipinski definition) is 3. The van der Waals surface area contributed by atoms with Gasteiger partial charge >= 0.3 is 6.16 Å². The predicted octanol–water partition coefficient (Wildman–Crippen LogP) is 2.53. The van der Waals surface area contributed by atoms with Gasteiger partial charge in [0.2, 0.25) is 11.8 Å². The van der Waals surface area contributed by atoms with Crippen LogP contribution in [0.3, 0.4) is 0 Å². The molecule has 44 heavy (non-hydrogen) atoms. The van der Waals surface area contributed by atoms with Gasteiger partial charge in [0.1, 0.15) is 24.1 Å². The van der Waals surface area contributed by atoms with E-state index in [0.717, 1.165) is 30.2 Å². The Bertz CT molecular complexity index is 1410. The minimum absolute atomic E-state index is 0.0417. The van der Waals surface area contributed by atoms with Crippen molar-refractivity contribution in [1.82, 2.24) is 20.5 Å². The molecule has 3 heterocycles. The Hall–Kier alpha value is -4.13. The summed E-state index contributed by atoms with van der Waals surface area (Å²) < 4.78 is 20.4. The van der Waals surface area contributed by atoms with E-state index in [2.05, 4.69) is 15.6 Å². The summed E-state index contributed by atoms with van der Waals surface area (Å²) in [5.74, 6) is -1.08. The maximum atomic E-state index is 14.0. The van der Waals surface area contributed by atoms with E-state index in [1.807, 2.05) is 18.2 Å². The van der Waals surface area contributed by atoms with Crippen LogP contribution in [0.5, 0.6) is 5.75 Å². The molecule has 0 bridgehead atoms. The Morgan fingerprint density at radius 2 is 1.95 bits per heavy atom. The highest BCUT2D eigenvalue weighted by molar-refractivity contribution is 6.02. The lowest BCUT2D eigenvalue weighted by Crippen LogP contribution is -2.53. The van der Waals surface area contributed by atoms with E-state index in [9.17, 15) is 24.0 Å². The highest BCUT2D eigenvalue weighted by Crippen LogP contribution is 2.43. The second-order valence-electron chi connectivity index (χ2n) is 11.9. The molecule has 3 fully saturated rings. The number of ketones is 1. The number of benzene rings is 1. The highest BCUT2D eigenvalue weighted by Gasteiger charge is 2.50. The molecule has 3 aliphatic rings. The third kappa shape index (κ3) is 6.82. The largest absolute Gasteiger partial charge is 0.510 e. The molecule has 1 aliphatic carbocycles. The molecule has 0 spiro atoms. The van der Waals surface area contributed by atoms with Crippen molar-refractivity contribution in [2.45, 2.75) is 64.1 Å². The maximum absolute atomic E-state index is 14.0. The van der Waals surface area contributed by atoms with Gasteiger partial charge in [-0.1, -0.05) is 12.5 Å². The minimum atomic E-state index is -1.03. The smallest absolute Gasteiger partial charge is 0.496 e. The first-order chi connectivity index (χ1) is 21.2. The summed E-state index contributed by atoms with van der Waals surface area (Å²) >= 11 is 0. The maximum Gasteiger partial charge on any atom is 0.510 e. The van der Waals surface area contributed by atoms with Crippen molar-refractivity contribution in [1.29, 1.82) is 0 Å². The van der Waals surface area contributed by atoms with Crippen LogP contribution in [0.4, 0.5) is 4.79 Å². The minimum Gasteiger partial charge on any atom is -0.496 e. The Kier molecular flexibility index (Phi) is 9.72. The molecule has 1 aromatic carbocycles. The fourth-order valence-electron chi connectivity index (χ4n) is 6.67. The number of carbonyl (C=O) groups is 5. The lowest BCUT2D eigenvalue weighted by molar-refractivity contribution is -0.136. The van der Waals surface area contributed by atoms with Crippen molar-refractivity contribution in [2.75, 3.05) is 33.6 Å². The number of Topliss-reactive ketones (excluding diaryl/α,β-unsaturated/α-hetero) is 1. The topological polar surface area (TPSA) is 165 Å². The first kappa shape index (κ1) is 31.3. The number of ether oxygens (including phenoxy) is 4. The summed E-state index contributed by atoms with van der Waals surface area (Å²) in [7, 11) is 1.57. The number of hydrogen-bond acceptors (Lipinski definition) is 9. The number of H-pyrrole nitrogens is 1. The summed E-state index contributed by atoms with van der Waals surface area (Å²) in [5, 5.41) is 6.40. The van der Waals surface area contributed by atoms with Gasteiger partial charge in [0.05, 0.1) is 19.3 Å². The molecule has 3 N–H and O–H groups in total. The van der Waals surface area contributed by atoms with Crippen LogP contribution in [-0.4, -0.2) is 91.3 Å². The number of likely N-dealkylation sites (tertiary alicyclic amines) is 1. The first-order valence-corrected chi connectivity index (χ1v) is 15.1. The van der Waals surface area contributed by atoms with Crippen LogP contribution < -0.4 is 15.4 Å². The van der Waals surface area contributed by atoms with E-state index in [-0.39, 0.29) is 36.2 Å². The van der Waals surface area contributed by atoms with Crippen molar-refractivity contribution >= 4 is 40.6 Å². The average molecular weight is 613 g/mol. The normalized spacial score (nSPS) is 23.4. The van der Waals surface area contributed by atoms with Crippen molar-refractivity contribution in [2.24, 2.45) is 17.8 Å². The Morgan fingerprint density at radius 1 is 1.14 bits per heavy atom. The zero-order valence-corrected chi connectivity index (χ0v) is 25.3. The van der Waals surface area contributed by atoms with Crippen LogP contribution in [0, 0.1) is 17.8 Å². The van der Waals surface area contributed by atoms with Crippen LogP contribution in [0.1, 0.15) is 56.4 Å². The van der Waals surface area contributed by atoms with Gasteiger partial charge in [-0.3, -0.25) is 19.2 Å². The SMILES string of the molecule is COc1cccc2[nH]c(C(=O)N3C[C@@H]4CCC[C@@H]4[C@H]3C(=O)NC(C[C@@H]3CCNC3=O)C(=O)COCOC(=O)OC(C)C)cc12. The van der Waals surface area contributed by atoms with Crippen LogP contribution >= 0.6 is 0 Å². The van der Waals surface area contributed by atoms with E-state index in [1.165, 1.54) is 0 Å².